The van der Waals surface area contributed by atoms with Crippen LogP contribution in [0.5, 0.6) is 0 Å². The first kappa shape index (κ1) is 15.1. The van der Waals surface area contributed by atoms with E-state index in [2.05, 4.69) is 42.0 Å². The van der Waals surface area contributed by atoms with Crippen LogP contribution in [0.15, 0.2) is 30.7 Å². The summed E-state index contributed by atoms with van der Waals surface area (Å²) in [6.07, 6.45) is 5.29. The Kier molecular flexibility index (Phi) is 3.76. The Bertz CT molecular complexity index is 829. The lowest BCUT2D eigenvalue weighted by molar-refractivity contribution is 0.625. The lowest BCUT2D eigenvalue weighted by atomic mass is 9.94. The fourth-order valence-electron chi connectivity index (χ4n) is 2.80. The number of allylic oxidation sites excluding steroid dienone is 2. The van der Waals surface area contributed by atoms with E-state index >= 15 is 0 Å². The van der Waals surface area contributed by atoms with E-state index in [0.717, 1.165) is 22.5 Å². The molecule has 3 N–H and O–H groups in total. The zero-order valence-electron chi connectivity index (χ0n) is 13.2. The Morgan fingerprint density at radius 3 is 2.83 bits per heavy atom. The minimum Gasteiger partial charge on any atom is -0.338 e. The van der Waals surface area contributed by atoms with Crippen molar-refractivity contribution in [3.8, 4) is 6.07 Å². The van der Waals surface area contributed by atoms with Gasteiger partial charge < -0.3 is 11.1 Å². The molecule has 0 unspecified atom stereocenters. The molecule has 0 aromatic carbocycles. The molecule has 3 rings (SSSR count). The molecule has 23 heavy (non-hydrogen) atoms. The molecule has 0 aliphatic carbocycles. The van der Waals surface area contributed by atoms with Crippen molar-refractivity contribution >= 4 is 17.2 Å². The zero-order chi connectivity index (χ0) is 16.6. The van der Waals surface area contributed by atoms with Crippen molar-refractivity contribution in [1.82, 2.24) is 19.6 Å². The van der Waals surface area contributed by atoms with Crippen LogP contribution >= 0.6 is 0 Å². The molecule has 0 fully saturated rings. The maximum absolute atomic E-state index is 9.26. The van der Waals surface area contributed by atoms with E-state index in [9.17, 15) is 5.26 Å². The van der Waals surface area contributed by atoms with Crippen molar-refractivity contribution in [2.45, 2.75) is 20.4 Å². The number of anilines is 1. The van der Waals surface area contributed by atoms with E-state index in [-0.39, 0.29) is 5.92 Å². The molecule has 2 aromatic rings. The molecule has 0 saturated heterocycles. The monoisotopic (exact) mass is 309 g/mol. The highest BCUT2D eigenvalue weighted by Crippen LogP contribution is 2.38. The summed E-state index contributed by atoms with van der Waals surface area (Å²) in [7, 11) is 0. The van der Waals surface area contributed by atoms with Gasteiger partial charge in [0.05, 0.1) is 30.3 Å². The standard InChI is InChI=1S/C16H19N7/c1-10(2)14-11(3)23-16(12(6-18)7-20-23)21-15(14)13-8-19-22(9-13)5-4-17/h7-10,21H,3-5,17H2,1-2H3. The van der Waals surface area contributed by atoms with Gasteiger partial charge in [0.25, 0.3) is 0 Å². The molecule has 1 aliphatic heterocycles. The molecule has 7 heteroatoms. The van der Waals surface area contributed by atoms with Crippen molar-refractivity contribution in [3.05, 3.63) is 41.9 Å². The highest BCUT2D eigenvalue weighted by Gasteiger charge is 2.27. The van der Waals surface area contributed by atoms with Gasteiger partial charge in [0, 0.05) is 23.9 Å². The van der Waals surface area contributed by atoms with Crippen LogP contribution in [0, 0.1) is 17.2 Å². The molecule has 118 valence electrons. The lowest BCUT2D eigenvalue weighted by Gasteiger charge is -2.27. The molecule has 2 aromatic heterocycles. The molecule has 3 heterocycles. The van der Waals surface area contributed by atoms with Crippen molar-refractivity contribution < 1.29 is 0 Å². The van der Waals surface area contributed by atoms with Gasteiger partial charge in [-0.1, -0.05) is 20.4 Å². The number of nitrogens with two attached hydrogens (primary N) is 1. The van der Waals surface area contributed by atoms with E-state index < -0.39 is 0 Å². The molecular weight excluding hydrogens is 290 g/mol. The first-order valence-electron chi connectivity index (χ1n) is 7.48. The zero-order valence-corrected chi connectivity index (χ0v) is 13.2. The van der Waals surface area contributed by atoms with Gasteiger partial charge in [-0.3, -0.25) is 4.68 Å². The van der Waals surface area contributed by atoms with Crippen LogP contribution in [0.4, 0.5) is 5.82 Å². The third-order valence-electron chi connectivity index (χ3n) is 3.83. The summed E-state index contributed by atoms with van der Waals surface area (Å²) in [5, 5.41) is 21.2. The van der Waals surface area contributed by atoms with Gasteiger partial charge in [-0.25, -0.2) is 4.68 Å². The van der Waals surface area contributed by atoms with Crippen LogP contribution < -0.4 is 11.1 Å². The Morgan fingerprint density at radius 2 is 2.17 bits per heavy atom. The Balaban J connectivity index is 2.12. The van der Waals surface area contributed by atoms with Crippen LogP contribution in [0.1, 0.15) is 25.0 Å². The number of nitriles is 1. The van der Waals surface area contributed by atoms with Crippen molar-refractivity contribution in [1.29, 1.82) is 5.26 Å². The predicted octanol–water partition coefficient (Wildman–Crippen LogP) is 1.87. The third kappa shape index (κ3) is 2.43. The van der Waals surface area contributed by atoms with E-state index in [4.69, 9.17) is 5.73 Å². The number of nitrogens with zero attached hydrogens (tertiary/aromatic N) is 5. The van der Waals surface area contributed by atoms with Crippen molar-refractivity contribution in [3.63, 3.8) is 0 Å². The van der Waals surface area contributed by atoms with E-state index in [0.29, 0.717) is 24.5 Å². The van der Waals surface area contributed by atoms with Crippen molar-refractivity contribution in [2.75, 3.05) is 11.9 Å². The van der Waals surface area contributed by atoms with Gasteiger partial charge in [-0.15, -0.1) is 0 Å². The molecule has 0 radical (unpaired) electrons. The number of hydrogen-bond donors (Lipinski definition) is 2. The molecule has 0 saturated carbocycles. The minimum absolute atomic E-state index is 0.241. The maximum atomic E-state index is 9.26. The predicted molar refractivity (Wildman–Crippen MR) is 88.9 cm³/mol. The Hall–Kier alpha value is -2.85. The molecule has 1 aliphatic rings. The maximum Gasteiger partial charge on any atom is 0.152 e. The second-order valence-corrected chi connectivity index (χ2v) is 5.73. The van der Waals surface area contributed by atoms with Gasteiger partial charge >= 0.3 is 0 Å². The second-order valence-electron chi connectivity index (χ2n) is 5.73. The Labute approximate surface area is 134 Å². The minimum atomic E-state index is 0.241. The molecule has 0 atom stereocenters. The van der Waals surface area contributed by atoms with Gasteiger partial charge in [-0.2, -0.15) is 15.5 Å². The largest absolute Gasteiger partial charge is 0.338 e. The third-order valence-corrected chi connectivity index (χ3v) is 3.83. The van der Waals surface area contributed by atoms with E-state index in [1.807, 2.05) is 10.9 Å². The first-order chi connectivity index (χ1) is 11.1. The fourth-order valence-corrected chi connectivity index (χ4v) is 2.80. The van der Waals surface area contributed by atoms with Gasteiger partial charge in [0.15, 0.2) is 5.82 Å². The highest BCUT2D eigenvalue weighted by atomic mass is 15.3. The van der Waals surface area contributed by atoms with Gasteiger partial charge in [0.2, 0.25) is 0 Å². The normalized spacial score (nSPS) is 14.0. The summed E-state index contributed by atoms with van der Waals surface area (Å²) >= 11 is 0. The summed E-state index contributed by atoms with van der Waals surface area (Å²) in [6.45, 7) is 9.57. The van der Waals surface area contributed by atoms with Crippen LogP contribution in [0.3, 0.4) is 0 Å². The molecule has 0 spiro atoms. The SMILES string of the molecule is C=C1C(C(C)C)=C(c2cnn(CCN)c2)Nc2c(C#N)cnn21. The molecule has 7 nitrogen and oxygen atoms in total. The lowest BCUT2D eigenvalue weighted by Crippen LogP contribution is -2.19. The van der Waals surface area contributed by atoms with Crippen molar-refractivity contribution in [2.24, 2.45) is 11.7 Å². The smallest absolute Gasteiger partial charge is 0.152 e. The van der Waals surface area contributed by atoms with Crippen LogP contribution in [0.25, 0.3) is 11.4 Å². The summed E-state index contributed by atoms with van der Waals surface area (Å²) in [6, 6.07) is 2.15. The average molecular weight is 309 g/mol. The molecule has 0 amide bonds. The van der Waals surface area contributed by atoms with Gasteiger partial charge in [0.1, 0.15) is 11.6 Å². The number of aromatic nitrogens is 4. The number of nitrogens with one attached hydrogen (secondary N) is 1. The molecule has 0 bridgehead atoms. The highest BCUT2D eigenvalue weighted by molar-refractivity contribution is 5.92. The Morgan fingerprint density at radius 1 is 1.39 bits per heavy atom. The summed E-state index contributed by atoms with van der Waals surface area (Å²) in [5.74, 6) is 0.884. The topological polar surface area (TPSA) is 97.5 Å². The van der Waals surface area contributed by atoms with Crippen LogP contribution in [-0.4, -0.2) is 26.1 Å². The summed E-state index contributed by atoms with van der Waals surface area (Å²) < 4.78 is 3.49. The number of hydrogen-bond acceptors (Lipinski definition) is 5. The number of fused-ring (bicyclic) bond motifs is 1. The summed E-state index contributed by atoms with van der Waals surface area (Å²) in [4.78, 5) is 0. The van der Waals surface area contributed by atoms with Crippen LogP contribution in [-0.2, 0) is 6.54 Å². The van der Waals surface area contributed by atoms with Gasteiger partial charge in [-0.05, 0) is 5.92 Å². The number of rotatable bonds is 4. The fraction of sp³-hybridized carbons (Fsp3) is 0.312. The van der Waals surface area contributed by atoms with E-state index in [1.165, 1.54) is 0 Å². The summed E-state index contributed by atoms with van der Waals surface area (Å²) in [5.41, 5.74) is 9.76. The molecular formula is C16H19N7. The average Bonchev–Trinajstić information content (AvgIpc) is 3.13. The second kappa shape index (κ2) is 5.74. The van der Waals surface area contributed by atoms with Crippen LogP contribution in [0.2, 0.25) is 0 Å². The van der Waals surface area contributed by atoms with E-state index in [1.54, 1.807) is 17.1 Å². The first-order valence-corrected chi connectivity index (χ1v) is 7.48. The quantitative estimate of drug-likeness (QED) is 0.898.